The molecule has 0 aromatic heterocycles. The molecule has 0 radical (unpaired) electrons. The van der Waals surface area contributed by atoms with Crippen LogP contribution in [0, 0.1) is 0 Å². The van der Waals surface area contributed by atoms with E-state index in [1.807, 2.05) is 24.3 Å². The fourth-order valence-corrected chi connectivity index (χ4v) is 3.54. The zero-order chi connectivity index (χ0) is 25.0. The molecule has 0 aliphatic heterocycles. The van der Waals surface area contributed by atoms with E-state index in [9.17, 15) is 20.1 Å². The number of fused-ring (bicyclic) bond motifs is 2. The minimum absolute atomic E-state index is 0.0884. The SMILES string of the molecule is COC(=O)c1cc2cc(OC)ccc2cc1O.COc1ccc2cc(O)c(C(C)(C)O)cc2c1. The van der Waals surface area contributed by atoms with Gasteiger partial charge in [-0.15, -0.1) is 0 Å². The Balaban J connectivity index is 0.000000191. The van der Waals surface area contributed by atoms with Crippen LogP contribution in [-0.2, 0) is 10.3 Å². The van der Waals surface area contributed by atoms with Gasteiger partial charge in [-0.1, -0.05) is 12.1 Å². The molecule has 0 spiro atoms. The van der Waals surface area contributed by atoms with Gasteiger partial charge in [-0.05, 0) is 83.9 Å². The number of aromatic hydroxyl groups is 2. The number of phenols is 2. The Bertz CT molecular complexity index is 1340. The maximum Gasteiger partial charge on any atom is 0.341 e. The van der Waals surface area contributed by atoms with Crippen LogP contribution in [0.4, 0.5) is 0 Å². The summed E-state index contributed by atoms with van der Waals surface area (Å²) >= 11 is 0. The van der Waals surface area contributed by atoms with E-state index in [1.165, 1.54) is 13.2 Å². The van der Waals surface area contributed by atoms with Gasteiger partial charge in [0.15, 0.2) is 0 Å². The lowest BCUT2D eigenvalue weighted by molar-refractivity contribution is 0.0597. The van der Waals surface area contributed by atoms with E-state index in [0.29, 0.717) is 11.3 Å². The van der Waals surface area contributed by atoms with Gasteiger partial charge in [-0.2, -0.15) is 0 Å². The number of benzene rings is 4. The molecular formula is C27H28O7. The first-order valence-electron chi connectivity index (χ1n) is 10.5. The smallest absolute Gasteiger partial charge is 0.341 e. The van der Waals surface area contributed by atoms with Gasteiger partial charge in [0.2, 0.25) is 0 Å². The van der Waals surface area contributed by atoms with E-state index in [-0.39, 0.29) is 17.1 Å². The van der Waals surface area contributed by atoms with Gasteiger partial charge < -0.3 is 29.5 Å². The quantitative estimate of drug-likeness (QED) is 0.360. The lowest BCUT2D eigenvalue weighted by atomic mass is 9.94. The molecule has 7 nitrogen and oxygen atoms in total. The molecule has 34 heavy (non-hydrogen) atoms. The Labute approximate surface area is 197 Å². The number of aliphatic hydroxyl groups is 1. The van der Waals surface area contributed by atoms with Crippen molar-refractivity contribution < 1.29 is 34.3 Å². The van der Waals surface area contributed by atoms with Crippen molar-refractivity contribution in [3.63, 3.8) is 0 Å². The number of carbonyl (C=O) groups excluding carboxylic acids is 1. The molecule has 0 heterocycles. The highest BCUT2D eigenvalue weighted by molar-refractivity contribution is 5.98. The summed E-state index contributed by atoms with van der Waals surface area (Å²) in [5.41, 5.74) is -0.409. The Hall–Kier alpha value is -3.97. The number of hydrogen-bond donors (Lipinski definition) is 3. The summed E-state index contributed by atoms with van der Waals surface area (Å²) in [5.74, 6) is 0.904. The fraction of sp³-hybridized carbons (Fsp3) is 0.222. The summed E-state index contributed by atoms with van der Waals surface area (Å²) in [5, 5.41) is 33.0. The minimum atomic E-state index is -1.07. The van der Waals surface area contributed by atoms with E-state index in [4.69, 9.17) is 9.47 Å². The number of esters is 1. The second-order valence-corrected chi connectivity index (χ2v) is 8.22. The predicted molar refractivity (Wildman–Crippen MR) is 131 cm³/mol. The molecule has 4 aromatic carbocycles. The largest absolute Gasteiger partial charge is 0.508 e. The van der Waals surface area contributed by atoms with Gasteiger partial charge in [-0.3, -0.25) is 0 Å². The van der Waals surface area contributed by atoms with Crippen LogP contribution in [0.25, 0.3) is 21.5 Å². The summed E-state index contributed by atoms with van der Waals surface area (Å²) in [6.45, 7) is 3.29. The minimum Gasteiger partial charge on any atom is -0.508 e. The average molecular weight is 465 g/mol. The van der Waals surface area contributed by atoms with Crippen molar-refractivity contribution in [2.75, 3.05) is 21.3 Å². The molecule has 4 aromatic rings. The number of carbonyl (C=O) groups is 1. The summed E-state index contributed by atoms with van der Waals surface area (Å²) in [7, 11) is 4.46. The third-order valence-corrected chi connectivity index (χ3v) is 5.39. The highest BCUT2D eigenvalue weighted by Crippen LogP contribution is 2.34. The van der Waals surface area contributed by atoms with Crippen molar-refractivity contribution in [2.45, 2.75) is 19.4 Å². The molecule has 4 rings (SSSR count). The predicted octanol–water partition coefficient (Wildman–Crippen LogP) is 5.12. The summed E-state index contributed by atoms with van der Waals surface area (Å²) in [4.78, 5) is 11.4. The Morgan fingerprint density at radius 2 is 1.21 bits per heavy atom. The van der Waals surface area contributed by atoms with Crippen molar-refractivity contribution in [3.8, 4) is 23.0 Å². The second kappa shape index (κ2) is 9.89. The van der Waals surface area contributed by atoms with Gasteiger partial charge in [-0.25, -0.2) is 4.79 Å². The lowest BCUT2D eigenvalue weighted by Gasteiger charge is -2.20. The Morgan fingerprint density at radius 3 is 1.68 bits per heavy atom. The van der Waals surface area contributed by atoms with Crippen molar-refractivity contribution in [1.29, 1.82) is 0 Å². The third kappa shape index (κ3) is 5.32. The average Bonchev–Trinajstić information content (AvgIpc) is 2.81. The van der Waals surface area contributed by atoms with Gasteiger partial charge in [0.25, 0.3) is 0 Å². The van der Waals surface area contributed by atoms with Gasteiger partial charge in [0, 0.05) is 5.56 Å². The van der Waals surface area contributed by atoms with E-state index in [2.05, 4.69) is 4.74 Å². The van der Waals surface area contributed by atoms with Crippen LogP contribution in [0.3, 0.4) is 0 Å². The number of phenolic OH excluding ortho intramolecular Hbond substituents is 2. The maximum atomic E-state index is 11.4. The molecule has 0 saturated carbocycles. The zero-order valence-electron chi connectivity index (χ0n) is 19.7. The monoisotopic (exact) mass is 464 g/mol. The first-order chi connectivity index (χ1) is 16.1. The maximum absolute atomic E-state index is 11.4. The van der Waals surface area contributed by atoms with Gasteiger partial charge >= 0.3 is 5.97 Å². The molecule has 3 N–H and O–H groups in total. The van der Waals surface area contributed by atoms with Crippen LogP contribution in [0.1, 0.15) is 29.8 Å². The molecule has 0 saturated heterocycles. The molecule has 0 unspecified atom stereocenters. The molecule has 0 aliphatic carbocycles. The molecule has 0 aliphatic rings. The van der Waals surface area contributed by atoms with Gasteiger partial charge in [0.1, 0.15) is 28.6 Å². The Kier molecular flexibility index (Phi) is 7.17. The highest BCUT2D eigenvalue weighted by Gasteiger charge is 2.20. The highest BCUT2D eigenvalue weighted by atomic mass is 16.5. The van der Waals surface area contributed by atoms with Crippen LogP contribution in [0.5, 0.6) is 23.0 Å². The van der Waals surface area contributed by atoms with Crippen molar-refractivity contribution in [1.82, 2.24) is 0 Å². The molecule has 0 fully saturated rings. The van der Waals surface area contributed by atoms with Crippen molar-refractivity contribution >= 4 is 27.5 Å². The molecule has 0 bridgehead atoms. The standard InChI is InChI=1S/C14H16O3.C13H12O4/c1-14(2,16)12-7-10-6-11(17-3)5-4-9(10)8-13(12)15;1-16-10-4-3-8-7-12(14)11(13(15)17-2)6-9(8)5-10/h4-8,15-16H,1-3H3;3-7,14H,1-2H3. The lowest BCUT2D eigenvalue weighted by Crippen LogP contribution is -2.15. The van der Waals surface area contributed by atoms with Crippen LogP contribution in [0.15, 0.2) is 60.7 Å². The second-order valence-electron chi connectivity index (χ2n) is 8.22. The van der Waals surface area contributed by atoms with Gasteiger partial charge in [0.05, 0.1) is 26.9 Å². The number of methoxy groups -OCH3 is 3. The van der Waals surface area contributed by atoms with Crippen molar-refractivity contribution in [2.24, 2.45) is 0 Å². The summed E-state index contributed by atoms with van der Waals surface area (Å²) in [6, 6.07) is 17.5. The molecule has 178 valence electrons. The van der Waals surface area contributed by atoms with E-state index in [0.717, 1.165) is 27.3 Å². The van der Waals surface area contributed by atoms with E-state index < -0.39 is 11.6 Å². The first kappa shape index (κ1) is 24.7. The van der Waals surface area contributed by atoms with Crippen LogP contribution < -0.4 is 9.47 Å². The number of hydrogen-bond acceptors (Lipinski definition) is 7. The number of ether oxygens (including phenoxy) is 3. The van der Waals surface area contributed by atoms with E-state index in [1.54, 1.807) is 58.4 Å². The zero-order valence-corrected chi connectivity index (χ0v) is 19.7. The van der Waals surface area contributed by atoms with Crippen LogP contribution in [0.2, 0.25) is 0 Å². The first-order valence-corrected chi connectivity index (χ1v) is 10.5. The molecule has 0 amide bonds. The third-order valence-electron chi connectivity index (χ3n) is 5.39. The van der Waals surface area contributed by atoms with Crippen LogP contribution in [-0.4, -0.2) is 42.6 Å². The molecule has 7 heteroatoms. The summed E-state index contributed by atoms with van der Waals surface area (Å²) < 4.78 is 14.8. The normalized spacial score (nSPS) is 11.0. The van der Waals surface area contributed by atoms with Crippen molar-refractivity contribution in [3.05, 3.63) is 71.8 Å². The molecular weight excluding hydrogens is 436 g/mol. The fourth-order valence-electron chi connectivity index (χ4n) is 3.54. The summed E-state index contributed by atoms with van der Waals surface area (Å²) in [6.07, 6.45) is 0. The number of rotatable bonds is 4. The van der Waals surface area contributed by atoms with Crippen LogP contribution >= 0.6 is 0 Å². The molecule has 0 atom stereocenters. The van der Waals surface area contributed by atoms with E-state index >= 15 is 0 Å². The Morgan fingerprint density at radius 1 is 0.706 bits per heavy atom. The topological polar surface area (TPSA) is 105 Å².